The number of nitrogens with one attached hydrogen (secondary N) is 2. The number of aliphatic hydroxyl groups is 1. The van der Waals surface area contributed by atoms with Crippen molar-refractivity contribution in [2.75, 3.05) is 13.7 Å². The van der Waals surface area contributed by atoms with Crippen molar-refractivity contribution in [3.8, 4) is 5.75 Å². The first-order chi connectivity index (χ1) is 16.2. The summed E-state index contributed by atoms with van der Waals surface area (Å²) in [7, 11) is 1.59. The van der Waals surface area contributed by atoms with Crippen LogP contribution in [0.2, 0.25) is 0 Å². The van der Waals surface area contributed by atoms with Gasteiger partial charge in [0.2, 0.25) is 0 Å². The first-order valence-electron chi connectivity index (χ1n) is 10.8. The molecule has 180 valence electrons. The van der Waals surface area contributed by atoms with Gasteiger partial charge in [-0.2, -0.15) is 0 Å². The summed E-state index contributed by atoms with van der Waals surface area (Å²) in [6.45, 7) is 2.48. The van der Waals surface area contributed by atoms with Crippen LogP contribution in [0, 0.1) is 18.6 Å². The highest BCUT2D eigenvalue weighted by Crippen LogP contribution is 2.17. The first kappa shape index (κ1) is 25.8. The van der Waals surface area contributed by atoms with E-state index in [1.165, 1.54) is 12.1 Å². The van der Waals surface area contributed by atoms with E-state index in [9.17, 15) is 18.7 Å². The molecule has 3 rings (SSSR count). The number of amides is 1. The Bertz CT molecular complexity index is 1100. The maximum Gasteiger partial charge on any atom is 0.251 e. The third-order valence-corrected chi connectivity index (χ3v) is 5.74. The molecule has 0 saturated carbocycles. The van der Waals surface area contributed by atoms with Crippen molar-refractivity contribution in [2.24, 2.45) is 0 Å². The van der Waals surface area contributed by atoms with E-state index >= 15 is 0 Å². The molecule has 8 heteroatoms. The summed E-state index contributed by atoms with van der Waals surface area (Å²) < 4.78 is 33.4. The molecule has 0 aliphatic carbocycles. The van der Waals surface area contributed by atoms with E-state index in [-0.39, 0.29) is 13.0 Å². The van der Waals surface area contributed by atoms with Crippen LogP contribution in [0.25, 0.3) is 0 Å². The fourth-order valence-electron chi connectivity index (χ4n) is 3.67. The Balaban J connectivity index is 1.73. The van der Waals surface area contributed by atoms with E-state index in [4.69, 9.17) is 4.74 Å². The van der Waals surface area contributed by atoms with E-state index in [1.807, 2.05) is 37.3 Å². The molecule has 0 saturated heterocycles. The number of carbonyl (C=O) groups excluding carboxylic acids is 1. The summed E-state index contributed by atoms with van der Waals surface area (Å²) in [4.78, 5) is 12.9. The molecular formula is C26H27BrF2N2O3. The standard InChI is InChI=1S/C26H27BrF2N2O3/c1-16-6-19(12-20(27)7-16)26(33)31-24(11-18-8-21(28)13-22(29)9-18)25(32)15-30-14-17-4-3-5-23(10-17)34-2/h3-10,12-13,24-25,30,32H,11,14-15H2,1-2H3,(H,31,33). The number of methoxy groups -OCH3 is 1. The Labute approximate surface area is 206 Å². The lowest BCUT2D eigenvalue weighted by atomic mass is 10.00. The third kappa shape index (κ3) is 7.62. The van der Waals surface area contributed by atoms with Gasteiger partial charge in [-0.05, 0) is 72.5 Å². The molecule has 5 nitrogen and oxygen atoms in total. The predicted molar refractivity (Wildman–Crippen MR) is 131 cm³/mol. The molecule has 34 heavy (non-hydrogen) atoms. The highest BCUT2D eigenvalue weighted by atomic mass is 79.9. The van der Waals surface area contributed by atoms with Crippen molar-refractivity contribution in [1.82, 2.24) is 10.6 Å². The van der Waals surface area contributed by atoms with Gasteiger partial charge < -0.3 is 20.5 Å². The van der Waals surface area contributed by atoms with Gasteiger partial charge in [-0.1, -0.05) is 28.1 Å². The molecule has 0 bridgehead atoms. The lowest BCUT2D eigenvalue weighted by Crippen LogP contribution is -2.48. The minimum atomic E-state index is -1.02. The van der Waals surface area contributed by atoms with Crippen LogP contribution in [0.1, 0.15) is 27.0 Å². The maximum atomic E-state index is 13.7. The lowest BCUT2D eigenvalue weighted by Gasteiger charge is -2.25. The zero-order chi connectivity index (χ0) is 24.7. The summed E-state index contributed by atoms with van der Waals surface area (Å²) in [5.41, 5.74) is 2.60. The Hall–Kier alpha value is -2.81. The van der Waals surface area contributed by atoms with Gasteiger partial charge in [0.25, 0.3) is 5.91 Å². The van der Waals surface area contributed by atoms with E-state index < -0.39 is 29.7 Å². The first-order valence-corrected chi connectivity index (χ1v) is 11.6. The largest absolute Gasteiger partial charge is 0.497 e. The lowest BCUT2D eigenvalue weighted by molar-refractivity contribution is 0.0829. The second kappa shape index (κ2) is 12.1. The van der Waals surface area contributed by atoms with Crippen molar-refractivity contribution in [2.45, 2.75) is 32.0 Å². The number of aliphatic hydroxyl groups excluding tert-OH is 1. The van der Waals surface area contributed by atoms with Crippen molar-refractivity contribution in [1.29, 1.82) is 0 Å². The van der Waals surface area contributed by atoms with E-state index in [1.54, 1.807) is 19.2 Å². The molecule has 0 aliphatic rings. The summed E-state index contributed by atoms with van der Waals surface area (Å²) in [5, 5.41) is 16.9. The van der Waals surface area contributed by atoms with Crippen LogP contribution in [-0.4, -0.2) is 36.8 Å². The van der Waals surface area contributed by atoms with Crippen LogP contribution in [0.15, 0.2) is 65.1 Å². The van der Waals surface area contributed by atoms with E-state index in [0.29, 0.717) is 17.7 Å². The van der Waals surface area contributed by atoms with E-state index in [0.717, 1.165) is 27.4 Å². The maximum absolute atomic E-state index is 13.7. The number of benzene rings is 3. The van der Waals surface area contributed by atoms with Crippen molar-refractivity contribution in [3.63, 3.8) is 0 Å². The van der Waals surface area contributed by atoms with Gasteiger partial charge in [0.15, 0.2) is 0 Å². The molecule has 0 aliphatic heterocycles. The highest BCUT2D eigenvalue weighted by molar-refractivity contribution is 9.10. The molecule has 0 fully saturated rings. The van der Waals surface area contributed by atoms with Gasteiger partial charge in [-0.3, -0.25) is 4.79 Å². The summed E-state index contributed by atoms with van der Waals surface area (Å²) in [6.07, 6.45) is -0.968. The molecular weight excluding hydrogens is 506 g/mol. The van der Waals surface area contributed by atoms with Gasteiger partial charge in [0.1, 0.15) is 17.4 Å². The number of halogens is 3. The SMILES string of the molecule is COc1cccc(CNCC(O)C(Cc2cc(F)cc(F)c2)NC(=O)c2cc(C)cc(Br)c2)c1. The van der Waals surface area contributed by atoms with Crippen molar-refractivity contribution < 1.29 is 23.4 Å². The number of hydrogen-bond donors (Lipinski definition) is 3. The quantitative estimate of drug-likeness (QED) is 0.358. The fraction of sp³-hybridized carbons (Fsp3) is 0.269. The summed E-state index contributed by atoms with van der Waals surface area (Å²) in [6, 6.07) is 15.2. The van der Waals surface area contributed by atoms with Crippen LogP contribution >= 0.6 is 15.9 Å². The third-order valence-electron chi connectivity index (χ3n) is 5.28. The molecule has 0 spiro atoms. The molecule has 0 aromatic heterocycles. The molecule has 3 aromatic carbocycles. The number of ether oxygens (including phenoxy) is 1. The van der Waals surface area contributed by atoms with Crippen LogP contribution in [0.4, 0.5) is 8.78 Å². The summed E-state index contributed by atoms with van der Waals surface area (Å²) in [5.74, 6) is -1.10. The average molecular weight is 533 g/mol. The molecule has 0 heterocycles. The molecule has 3 aromatic rings. The van der Waals surface area contributed by atoms with Crippen LogP contribution in [0.5, 0.6) is 5.75 Å². The Morgan fingerprint density at radius 1 is 1.06 bits per heavy atom. The van der Waals surface area contributed by atoms with Gasteiger partial charge in [0.05, 0.1) is 19.3 Å². The Kier molecular flexibility index (Phi) is 9.15. The van der Waals surface area contributed by atoms with Crippen LogP contribution in [0.3, 0.4) is 0 Å². The minimum absolute atomic E-state index is 0.0510. The van der Waals surface area contributed by atoms with Crippen LogP contribution in [-0.2, 0) is 13.0 Å². The van der Waals surface area contributed by atoms with Crippen LogP contribution < -0.4 is 15.4 Å². The fourth-order valence-corrected chi connectivity index (χ4v) is 4.28. The van der Waals surface area contributed by atoms with E-state index in [2.05, 4.69) is 26.6 Å². The minimum Gasteiger partial charge on any atom is -0.497 e. The monoisotopic (exact) mass is 532 g/mol. The zero-order valence-electron chi connectivity index (χ0n) is 18.9. The second-order valence-electron chi connectivity index (χ2n) is 8.13. The van der Waals surface area contributed by atoms with Gasteiger partial charge in [-0.15, -0.1) is 0 Å². The molecule has 0 radical (unpaired) electrons. The van der Waals surface area contributed by atoms with Crippen molar-refractivity contribution in [3.05, 3.63) is 99.0 Å². The Morgan fingerprint density at radius 2 is 1.79 bits per heavy atom. The molecule has 1 amide bonds. The zero-order valence-corrected chi connectivity index (χ0v) is 20.5. The van der Waals surface area contributed by atoms with Gasteiger partial charge >= 0.3 is 0 Å². The molecule has 2 unspecified atom stereocenters. The van der Waals surface area contributed by atoms with Gasteiger partial charge in [0, 0.05) is 29.2 Å². The smallest absolute Gasteiger partial charge is 0.251 e. The van der Waals surface area contributed by atoms with Crippen molar-refractivity contribution >= 4 is 21.8 Å². The summed E-state index contributed by atoms with van der Waals surface area (Å²) >= 11 is 3.38. The average Bonchev–Trinajstić information content (AvgIpc) is 2.77. The number of carbonyl (C=O) groups is 1. The highest BCUT2D eigenvalue weighted by Gasteiger charge is 2.23. The second-order valence-corrected chi connectivity index (χ2v) is 9.04. The number of hydrogen-bond acceptors (Lipinski definition) is 4. The Morgan fingerprint density at radius 3 is 2.47 bits per heavy atom. The van der Waals surface area contributed by atoms with Gasteiger partial charge in [-0.25, -0.2) is 8.78 Å². The molecule has 3 N–H and O–H groups in total. The topological polar surface area (TPSA) is 70.6 Å². The predicted octanol–water partition coefficient (Wildman–Crippen LogP) is 4.54. The normalized spacial score (nSPS) is 12.8. The number of aryl methyl sites for hydroxylation is 1. The number of rotatable bonds is 10. The molecule has 2 atom stereocenters.